The Bertz CT molecular complexity index is 455. The average Bonchev–Trinajstić information content (AvgIpc) is 2.45. The third kappa shape index (κ3) is 4.48. The van der Waals surface area contributed by atoms with Gasteiger partial charge in [0.05, 0.1) is 6.61 Å². The summed E-state index contributed by atoms with van der Waals surface area (Å²) in [7, 11) is 3.14. The first-order valence-electron chi connectivity index (χ1n) is 9.22. The van der Waals surface area contributed by atoms with Crippen molar-refractivity contribution >= 4 is 17.4 Å². The van der Waals surface area contributed by atoms with Crippen molar-refractivity contribution in [3.8, 4) is 0 Å². The van der Waals surface area contributed by atoms with Crippen molar-refractivity contribution in [2.75, 3.05) is 6.61 Å². The molecular formula is C20H36OP2. The Hall–Kier alpha value is 0.300. The van der Waals surface area contributed by atoms with Crippen molar-refractivity contribution in [3.63, 3.8) is 0 Å². The molecule has 3 heteroatoms. The van der Waals surface area contributed by atoms with E-state index >= 15 is 0 Å². The van der Waals surface area contributed by atoms with Crippen molar-refractivity contribution in [1.82, 2.24) is 0 Å². The van der Waals surface area contributed by atoms with Gasteiger partial charge in [-0.25, -0.2) is 0 Å². The fraction of sp³-hybridized carbons (Fsp3) is 0.800. The third-order valence-corrected chi connectivity index (χ3v) is 7.58. The van der Waals surface area contributed by atoms with E-state index in [2.05, 4.69) is 49.3 Å². The summed E-state index contributed by atoms with van der Waals surface area (Å²) in [5.74, 6) is 1.57. The molecule has 0 heterocycles. The third-order valence-electron chi connectivity index (χ3n) is 6.74. The van der Waals surface area contributed by atoms with Crippen LogP contribution in [0.4, 0.5) is 0 Å². The maximum atomic E-state index is 5.45. The first-order chi connectivity index (χ1) is 10.8. The van der Waals surface area contributed by atoms with Gasteiger partial charge in [-0.2, -0.15) is 0 Å². The second-order valence-electron chi connectivity index (χ2n) is 8.67. The van der Waals surface area contributed by atoms with Crippen LogP contribution in [0.2, 0.25) is 0 Å². The van der Waals surface area contributed by atoms with Crippen LogP contribution in [0.1, 0.15) is 72.6 Å². The van der Waals surface area contributed by atoms with E-state index in [4.69, 9.17) is 4.52 Å². The summed E-state index contributed by atoms with van der Waals surface area (Å²) >= 11 is 0. The van der Waals surface area contributed by atoms with Gasteiger partial charge >= 0.3 is 0 Å². The molecule has 1 nitrogen and oxygen atoms in total. The van der Waals surface area contributed by atoms with Gasteiger partial charge in [-0.05, 0) is 68.1 Å². The molecule has 0 spiro atoms. The van der Waals surface area contributed by atoms with E-state index in [1.807, 2.05) is 0 Å². The summed E-state index contributed by atoms with van der Waals surface area (Å²) < 4.78 is 5.45. The molecule has 0 radical (unpaired) electrons. The van der Waals surface area contributed by atoms with Crippen LogP contribution in [-0.2, 0) is 4.52 Å². The lowest BCUT2D eigenvalue weighted by molar-refractivity contribution is -0.0539. The summed E-state index contributed by atoms with van der Waals surface area (Å²) in [5.41, 5.74) is 3.97. The van der Waals surface area contributed by atoms with E-state index in [1.54, 1.807) is 0 Å². The largest absolute Gasteiger partial charge is 0.354 e. The van der Waals surface area contributed by atoms with Gasteiger partial charge in [-0.1, -0.05) is 59.9 Å². The maximum Gasteiger partial charge on any atom is 0.0693 e. The molecule has 5 atom stereocenters. The van der Waals surface area contributed by atoms with Gasteiger partial charge in [-0.15, -0.1) is 0 Å². The van der Waals surface area contributed by atoms with Gasteiger partial charge in [0.1, 0.15) is 0 Å². The van der Waals surface area contributed by atoms with E-state index in [0.717, 1.165) is 12.5 Å². The van der Waals surface area contributed by atoms with Crippen LogP contribution in [0.15, 0.2) is 23.8 Å². The van der Waals surface area contributed by atoms with Gasteiger partial charge in [-0.3, -0.25) is 0 Å². The SMILES string of the molecule is C=C1CCC2C(C)(C)CCC[C@@]2(C)[C@@H]1CC/C(C)=C/COPP. The van der Waals surface area contributed by atoms with E-state index in [9.17, 15) is 0 Å². The molecule has 132 valence electrons. The Labute approximate surface area is 148 Å². The van der Waals surface area contributed by atoms with Crippen molar-refractivity contribution < 1.29 is 4.52 Å². The van der Waals surface area contributed by atoms with Crippen LogP contribution in [0, 0.1) is 22.7 Å². The fourth-order valence-corrected chi connectivity index (χ4v) is 5.98. The van der Waals surface area contributed by atoms with Gasteiger partial charge in [0, 0.05) is 8.50 Å². The second kappa shape index (κ2) is 8.12. The summed E-state index contributed by atoms with van der Waals surface area (Å²) in [5, 5.41) is 0. The highest BCUT2D eigenvalue weighted by Crippen LogP contribution is 2.61. The zero-order chi connectivity index (χ0) is 17.1. The first-order valence-corrected chi connectivity index (χ1v) is 11.9. The lowest BCUT2D eigenvalue weighted by Gasteiger charge is -2.58. The van der Waals surface area contributed by atoms with Gasteiger partial charge < -0.3 is 4.52 Å². The molecule has 0 saturated heterocycles. The van der Waals surface area contributed by atoms with Crippen molar-refractivity contribution in [2.24, 2.45) is 22.7 Å². The number of allylic oxidation sites excluding steroid dienone is 2. The Balaban J connectivity index is 2.06. The molecule has 23 heavy (non-hydrogen) atoms. The lowest BCUT2D eigenvalue weighted by Crippen LogP contribution is -2.49. The molecule has 0 bridgehead atoms. The van der Waals surface area contributed by atoms with Crippen molar-refractivity contribution in [3.05, 3.63) is 23.8 Å². The van der Waals surface area contributed by atoms with Crippen molar-refractivity contribution in [2.45, 2.75) is 72.6 Å². The molecule has 0 aromatic carbocycles. The summed E-state index contributed by atoms with van der Waals surface area (Å²) in [6, 6.07) is 0. The summed E-state index contributed by atoms with van der Waals surface area (Å²) in [6.45, 7) is 15.1. The van der Waals surface area contributed by atoms with Gasteiger partial charge in [0.25, 0.3) is 0 Å². The minimum atomic E-state index is 0.468. The van der Waals surface area contributed by atoms with E-state index in [1.165, 1.54) is 56.1 Å². The predicted octanol–water partition coefficient (Wildman–Crippen LogP) is 6.91. The Morgan fingerprint density at radius 1 is 1.39 bits per heavy atom. The minimum Gasteiger partial charge on any atom is -0.354 e. The molecule has 0 aromatic heterocycles. The average molecular weight is 354 g/mol. The highest BCUT2D eigenvalue weighted by Gasteiger charge is 2.52. The molecule has 0 amide bonds. The van der Waals surface area contributed by atoms with Crippen LogP contribution >= 0.6 is 17.4 Å². The predicted molar refractivity (Wildman–Crippen MR) is 108 cm³/mol. The zero-order valence-electron chi connectivity index (χ0n) is 15.6. The summed E-state index contributed by atoms with van der Waals surface area (Å²) in [4.78, 5) is 0. The fourth-order valence-electron chi connectivity index (χ4n) is 5.51. The minimum absolute atomic E-state index is 0.468. The van der Waals surface area contributed by atoms with Crippen molar-refractivity contribution in [1.29, 1.82) is 0 Å². The van der Waals surface area contributed by atoms with Crippen LogP contribution in [-0.4, -0.2) is 6.61 Å². The molecule has 2 saturated carbocycles. The molecule has 0 aromatic rings. The summed E-state index contributed by atoms with van der Waals surface area (Å²) in [6.07, 6.45) is 11.5. The Morgan fingerprint density at radius 2 is 2.13 bits per heavy atom. The number of fused-ring (bicyclic) bond motifs is 1. The van der Waals surface area contributed by atoms with E-state index < -0.39 is 0 Å². The normalized spacial score (nSPS) is 34.8. The van der Waals surface area contributed by atoms with E-state index in [0.29, 0.717) is 25.2 Å². The number of hydrogen-bond acceptors (Lipinski definition) is 1. The number of hydrogen-bond donors (Lipinski definition) is 0. The maximum absolute atomic E-state index is 5.45. The quantitative estimate of drug-likeness (QED) is 0.286. The molecule has 3 unspecified atom stereocenters. The monoisotopic (exact) mass is 354 g/mol. The highest BCUT2D eigenvalue weighted by atomic mass is 32.0. The van der Waals surface area contributed by atoms with Crippen LogP contribution in [0.5, 0.6) is 0 Å². The Morgan fingerprint density at radius 3 is 2.83 bits per heavy atom. The molecule has 0 N–H and O–H groups in total. The molecule has 0 aliphatic heterocycles. The van der Waals surface area contributed by atoms with Gasteiger partial charge in [0.2, 0.25) is 0 Å². The molecule has 2 aliphatic carbocycles. The smallest absolute Gasteiger partial charge is 0.0693 e. The highest BCUT2D eigenvalue weighted by molar-refractivity contribution is 8.00. The Kier molecular flexibility index (Phi) is 6.93. The van der Waals surface area contributed by atoms with Gasteiger partial charge in [0.15, 0.2) is 0 Å². The lowest BCUT2D eigenvalue weighted by atomic mass is 9.47. The molecular weight excluding hydrogens is 318 g/mol. The second-order valence-corrected chi connectivity index (χ2v) is 9.90. The molecule has 2 rings (SSSR count). The number of rotatable bonds is 6. The van der Waals surface area contributed by atoms with Crippen LogP contribution in [0.25, 0.3) is 0 Å². The molecule has 2 aliphatic rings. The zero-order valence-corrected chi connectivity index (χ0v) is 17.7. The van der Waals surface area contributed by atoms with E-state index in [-0.39, 0.29) is 0 Å². The van der Waals surface area contributed by atoms with Crippen LogP contribution in [0.3, 0.4) is 0 Å². The molecule has 2 fully saturated rings. The van der Waals surface area contributed by atoms with Crippen LogP contribution < -0.4 is 0 Å². The first kappa shape index (κ1) is 19.6. The standard InChI is InChI=1S/C20H36OP2/c1-15(11-14-21-23-22)7-9-17-16(2)8-10-18-19(3,4)12-6-13-20(17,18)5/h11,17-18,23H,2,6-10,12-14,22H2,1,3-5H3/b15-11+/t17-,18?,20+/m1/s1. The topological polar surface area (TPSA) is 9.23 Å².